The van der Waals surface area contributed by atoms with Gasteiger partial charge in [0.15, 0.2) is 0 Å². The van der Waals surface area contributed by atoms with E-state index < -0.39 is 5.91 Å². The van der Waals surface area contributed by atoms with Crippen LogP contribution in [-0.4, -0.2) is 5.91 Å². The third-order valence-corrected chi connectivity index (χ3v) is 1.81. The SMILES string of the molecule is C=Cc1ccc(C(N)=O)cc1C=C.CC.CC. The maximum absolute atomic E-state index is 10.8. The summed E-state index contributed by atoms with van der Waals surface area (Å²) >= 11 is 0. The van der Waals surface area contributed by atoms with Gasteiger partial charge in [0.05, 0.1) is 0 Å². The van der Waals surface area contributed by atoms with Crippen LogP contribution in [0.4, 0.5) is 0 Å². The molecule has 1 amide bonds. The highest BCUT2D eigenvalue weighted by Gasteiger charge is 2.02. The molecule has 2 nitrogen and oxygen atoms in total. The fraction of sp³-hybridized carbons (Fsp3) is 0.267. The minimum Gasteiger partial charge on any atom is -0.366 e. The Morgan fingerprint density at radius 1 is 1.06 bits per heavy atom. The lowest BCUT2D eigenvalue weighted by Crippen LogP contribution is -2.10. The highest BCUT2D eigenvalue weighted by molar-refractivity contribution is 5.93. The zero-order valence-electron chi connectivity index (χ0n) is 11.3. The van der Waals surface area contributed by atoms with Gasteiger partial charge in [-0.3, -0.25) is 4.79 Å². The third kappa shape index (κ3) is 5.71. The van der Waals surface area contributed by atoms with E-state index in [9.17, 15) is 4.79 Å². The molecule has 0 saturated heterocycles. The van der Waals surface area contributed by atoms with Crippen molar-refractivity contribution in [1.29, 1.82) is 0 Å². The Kier molecular flexibility index (Phi) is 11.0. The Labute approximate surface area is 105 Å². The summed E-state index contributed by atoms with van der Waals surface area (Å²) in [5, 5.41) is 0. The van der Waals surface area contributed by atoms with E-state index >= 15 is 0 Å². The summed E-state index contributed by atoms with van der Waals surface area (Å²) in [5.74, 6) is -0.432. The van der Waals surface area contributed by atoms with Crippen molar-refractivity contribution in [2.45, 2.75) is 27.7 Å². The molecule has 0 radical (unpaired) electrons. The molecular formula is C15H23NO. The van der Waals surface area contributed by atoms with Gasteiger partial charge in [0.1, 0.15) is 0 Å². The van der Waals surface area contributed by atoms with Crippen molar-refractivity contribution in [3.63, 3.8) is 0 Å². The number of carbonyl (C=O) groups is 1. The number of benzene rings is 1. The van der Waals surface area contributed by atoms with Gasteiger partial charge in [-0.15, -0.1) is 0 Å². The van der Waals surface area contributed by atoms with Gasteiger partial charge in [-0.2, -0.15) is 0 Å². The topological polar surface area (TPSA) is 43.1 Å². The van der Waals surface area contributed by atoms with Crippen LogP contribution in [0.2, 0.25) is 0 Å². The zero-order valence-corrected chi connectivity index (χ0v) is 11.3. The van der Waals surface area contributed by atoms with Gasteiger partial charge < -0.3 is 5.73 Å². The van der Waals surface area contributed by atoms with Crippen molar-refractivity contribution in [2.75, 3.05) is 0 Å². The number of primary amides is 1. The summed E-state index contributed by atoms with van der Waals surface area (Å²) in [6.45, 7) is 15.3. The van der Waals surface area contributed by atoms with Gasteiger partial charge in [0.2, 0.25) is 5.91 Å². The van der Waals surface area contributed by atoms with Crippen LogP contribution in [0.15, 0.2) is 31.4 Å². The van der Waals surface area contributed by atoms with Crippen molar-refractivity contribution in [3.8, 4) is 0 Å². The van der Waals surface area contributed by atoms with Gasteiger partial charge in [-0.1, -0.05) is 59.1 Å². The molecule has 1 aromatic carbocycles. The monoisotopic (exact) mass is 233 g/mol. The average molecular weight is 233 g/mol. The number of nitrogens with two attached hydrogens (primary N) is 1. The van der Waals surface area contributed by atoms with Crippen molar-refractivity contribution in [2.24, 2.45) is 5.73 Å². The van der Waals surface area contributed by atoms with Gasteiger partial charge in [-0.05, 0) is 23.3 Å². The number of rotatable bonds is 3. The Morgan fingerprint density at radius 3 is 1.88 bits per heavy atom. The minimum absolute atomic E-state index is 0.432. The largest absolute Gasteiger partial charge is 0.366 e. The number of amides is 1. The van der Waals surface area contributed by atoms with Gasteiger partial charge in [-0.25, -0.2) is 0 Å². The van der Waals surface area contributed by atoms with Crippen LogP contribution in [0.3, 0.4) is 0 Å². The predicted octanol–water partition coefficient (Wildman–Crippen LogP) is 4.12. The lowest BCUT2D eigenvalue weighted by molar-refractivity contribution is 0.100. The second-order valence-electron chi connectivity index (χ2n) is 2.62. The summed E-state index contributed by atoms with van der Waals surface area (Å²) in [7, 11) is 0. The van der Waals surface area contributed by atoms with Crippen molar-refractivity contribution >= 4 is 18.1 Å². The van der Waals surface area contributed by atoms with Crippen LogP contribution in [0.1, 0.15) is 49.2 Å². The van der Waals surface area contributed by atoms with Crippen molar-refractivity contribution < 1.29 is 4.79 Å². The third-order valence-electron chi connectivity index (χ3n) is 1.81. The van der Waals surface area contributed by atoms with E-state index in [2.05, 4.69) is 13.2 Å². The van der Waals surface area contributed by atoms with Crippen molar-refractivity contribution in [1.82, 2.24) is 0 Å². The number of carbonyl (C=O) groups excluding carboxylic acids is 1. The van der Waals surface area contributed by atoms with Crippen LogP contribution in [0.5, 0.6) is 0 Å². The highest BCUT2D eigenvalue weighted by Crippen LogP contribution is 2.14. The Hall–Kier alpha value is -1.83. The first-order chi connectivity index (χ1) is 8.19. The smallest absolute Gasteiger partial charge is 0.248 e. The molecule has 0 atom stereocenters. The van der Waals surface area contributed by atoms with E-state index in [1.807, 2.05) is 27.7 Å². The normalized spacial score (nSPS) is 7.76. The number of hydrogen-bond donors (Lipinski definition) is 1. The summed E-state index contributed by atoms with van der Waals surface area (Å²) in [6, 6.07) is 5.17. The van der Waals surface area contributed by atoms with E-state index in [4.69, 9.17) is 5.73 Å². The molecule has 17 heavy (non-hydrogen) atoms. The first-order valence-corrected chi connectivity index (χ1v) is 5.87. The van der Waals surface area contributed by atoms with Crippen LogP contribution in [-0.2, 0) is 0 Å². The molecule has 0 bridgehead atoms. The molecular weight excluding hydrogens is 210 g/mol. The summed E-state index contributed by atoms with van der Waals surface area (Å²) in [5.41, 5.74) is 7.43. The van der Waals surface area contributed by atoms with E-state index in [0.29, 0.717) is 5.56 Å². The molecule has 0 fully saturated rings. The van der Waals surface area contributed by atoms with Gasteiger partial charge >= 0.3 is 0 Å². The van der Waals surface area contributed by atoms with E-state index in [0.717, 1.165) is 11.1 Å². The summed E-state index contributed by atoms with van der Waals surface area (Å²) in [4.78, 5) is 10.8. The lowest BCUT2D eigenvalue weighted by atomic mass is 10.0. The maximum atomic E-state index is 10.8. The molecule has 0 aliphatic rings. The van der Waals surface area contributed by atoms with Crippen LogP contribution < -0.4 is 5.73 Å². The van der Waals surface area contributed by atoms with Crippen LogP contribution in [0.25, 0.3) is 12.2 Å². The second-order valence-corrected chi connectivity index (χ2v) is 2.62. The molecule has 0 spiro atoms. The summed E-state index contributed by atoms with van der Waals surface area (Å²) in [6.07, 6.45) is 3.38. The van der Waals surface area contributed by atoms with Gasteiger partial charge in [0, 0.05) is 5.56 Å². The fourth-order valence-electron chi connectivity index (χ4n) is 1.09. The quantitative estimate of drug-likeness (QED) is 0.838. The highest BCUT2D eigenvalue weighted by atomic mass is 16.1. The predicted molar refractivity (Wildman–Crippen MR) is 77.8 cm³/mol. The average Bonchev–Trinajstić information content (AvgIpc) is 2.42. The fourth-order valence-corrected chi connectivity index (χ4v) is 1.09. The van der Waals surface area contributed by atoms with Crippen molar-refractivity contribution in [3.05, 3.63) is 48.0 Å². The molecule has 2 heteroatoms. The molecule has 0 saturated carbocycles. The molecule has 2 N–H and O–H groups in total. The zero-order chi connectivity index (χ0) is 13.8. The Morgan fingerprint density at radius 2 is 1.53 bits per heavy atom. The molecule has 0 aliphatic heterocycles. The molecule has 1 rings (SSSR count). The first kappa shape index (κ1) is 17.6. The van der Waals surface area contributed by atoms with Crippen LogP contribution >= 0.6 is 0 Å². The first-order valence-electron chi connectivity index (χ1n) is 5.87. The molecule has 1 aromatic rings. The molecule has 0 aliphatic carbocycles. The second kappa shape index (κ2) is 10.7. The minimum atomic E-state index is -0.432. The number of hydrogen-bond acceptors (Lipinski definition) is 1. The Bertz CT molecular complexity index is 367. The molecule has 94 valence electrons. The maximum Gasteiger partial charge on any atom is 0.248 e. The van der Waals surface area contributed by atoms with Crippen LogP contribution in [0, 0.1) is 0 Å². The molecule has 0 unspecified atom stereocenters. The lowest BCUT2D eigenvalue weighted by Gasteiger charge is -2.02. The van der Waals surface area contributed by atoms with Gasteiger partial charge in [0.25, 0.3) is 0 Å². The molecule has 0 heterocycles. The molecule has 0 aromatic heterocycles. The van der Waals surface area contributed by atoms with E-state index in [-0.39, 0.29) is 0 Å². The Balaban J connectivity index is 0. The standard InChI is InChI=1S/C11H11NO.2C2H6/c1-3-8-5-6-10(11(12)13)7-9(8)4-2;2*1-2/h3-7H,1-2H2,(H2,12,13);2*1-2H3. The van der Waals surface area contributed by atoms with E-state index in [1.165, 1.54) is 0 Å². The summed E-state index contributed by atoms with van der Waals surface area (Å²) < 4.78 is 0. The van der Waals surface area contributed by atoms with E-state index in [1.54, 1.807) is 30.4 Å².